The molecule has 0 saturated heterocycles. The zero-order valence-electron chi connectivity index (χ0n) is 34.3. The first kappa shape index (κ1) is 52.5. The molecule has 56 heavy (non-hydrogen) atoms. The van der Waals surface area contributed by atoms with E-state index in [0.717, 1.165) is 70.6 Å². The van der Waals surface area contributed by atoms with Gasteiger partial charge in [-0.2, -0.15) is 0 Å². The van der Waals surface area contributed by atoms with E-state index >= 15 is 0 Å². The molecule has 1 rings (SSSR count). The smallest absolute Gasteiger partial charge is 0.393 e. The number of aliphatic hydroxyl groups excluding tert-OH is 7. The molecular formula is C42H78NO12P. The van der Waals surface area contributed by atoms with Gasteiger partial charge in [0.2, 0.25) is 5.91 Å². The number of aliphatic hydroxyl groups is 7. The van der Waals surface area contributed by atoms with Gasteiger partial charge >= 0.3 is 7.82 Å². The molecule has 0 aromatic carbocycles. The van der Waals surface area contributed by atoms with Crippen molar-refractivity contribution in [1.82, 2.24) is 5.32 Å². The van der Waals surface area contributed by atoms with Crippen LogP contribution in [-0.2, 0) is 18.4 Å². The molecule has 1 amide bonds. The topological polar surface area (TPSA) is 226 Å². The van der Waals surface area contributed by atoms with Crippen LogP contribution in [0.4, 0.5) is 0 Å². The molecule has 0 aromatic rings. The third kappa shape index (κ3) is 24.4. The number of carbonyl (C=O) groups excluding carboxylic acids is 1. The normalized spacial score (nSPS) is 24.5. The Morgan fingerprint density at radius 3 is 1.62 bits per heavy atom. The van der Waals surface area contributed by atoms with Crippen molar-refractivity contribution >= 4 is 13.7 Å². The number of hydrogen-bond donors (Lipinski definition) is 9. The fourth-order valence-corrected chi connectivity index (χ4v) is 7.56. The van der Waals surface area contributed by atoms with Crippen LogP contribution in [0.25, 0.3) is 0 Å². The van der Waals surface area contributed by atoms with Gasteiger partial charge in [0.15, 0.2) is 0 Å². The van der Waals surface area contributed by atoms with E-state index in [1.165, 1.54) is 63.9 Å². The molecule has 14 heteroatoms. The van der Waals surface area contributed by atoms with E-state index in [2.05, 4.69) is 37.4 Å². The van der Waals surface area contributed by atoms with Crippen molar-refractivity contribution in [3.63, 3.8) is 0 Å². The third-order valence-corrected chi connectivity index (χ3v) is 11.2. The van der Waals surface area contributed by atoms with Crippen LogP contribution in [0.3, 0.4) is 0 Å². The molecule has 0 aromatic heterocycles. The minimum absolute atomic E-state index is 0.259. The fourth-order valence-electron chi connectivity index (χ4n) is 6.59. The lowest BCUT2D eigenvalue weighted by molar-refractivity contribution is -0.220. The first-order chi connectivity index (χ1) is 26.8. The lowest BCUT2D eigenvalue weighted by Crippen LogP contribution is -2.64. The minimum atomic E-state index is -5.14. The molecule has 0 aliphatic heterocycles. The Morgan fingerprint density at radius 2 is 1.07 bits per heavy atom. The molecule has 8 unspecified atom stereocenters. The average Bonchev–Trinajstić information content (AvgIpc) is 3.17. The lowest BCUT2D eigenvalue weighted by Gasteiger charge is -2.41. The van der Waals surface area contributed by atoms with Crippen molar-refractivity contribution < 1.29 is 59.0 Å². The summed E-state index contributed by atoms with van der Waals surface area (Å²) in [4.78, 5) is 23.3. The number of unbranched alkanes of at least 4 members (excludes halogenated alkanes) is 17. The van der Waals surface area contributed by atoms with Crippen LogP contribution < -0.4 is 5.32 Å². The van der Waals surface area contributed by atoms with Gasteiger partial charge in [-0.15, -0.1) is 0 Å². The van der Waals surface area contributed by atoms with E-state index in [9.17, 15) is 50.0 Å². The van der Waals surface area contributed by atoms with E-state index in [-0.39, 0.29) is 6.42 Å². The van der Waals surface area contributed by atoms with Gasteiger partial charge in [-0.25, -0.2) is 4.57 Å². The largest absolute Gasteiger partial charge is 0.472 e. The third-order valence-electron chi connectivity index (χ3n) is 10.2. The molecule has 0 bridgehead atoms. The Balaban J connectivity index is 2.50. The Labute approximate surface area is 336 Å². The molecule has 1 saturated carbocycles. The number of carbonyl (C=O) groups is 1. The summed E-state index contributed by atoms with van der Waals surface area (Å²) in [6.45, 7) is 3.61. The van der Waals surface area contributed by atoms with E-state index < -0.39 is 75.2 Å². The van der Waals surface area contributed by atoms with E-state index in [1.807, 2.05) is 6.08 Å². The Kier molecular flexibility index (Phi) is 30.4. The van der Waals surface area contributed by atoms with Crippen molar-refractivity contribution in [3.8, 4) is 0 Å². The maximum atomic E-state index is 12.9. The summed E-state index contributed by atoms with van der Waals surface area (Å²) in [7, 11) is -5.14. The Bertz CT molecular complexity index is 1110. The summed E-state index contributed by atoms with van der Waals surface area (Å²) in [5, 5.41) is 74.0. The predicted molar refractivity (Wildman–Crippen MR) is 220 cm³/mol. The van der Waals surface area contributed by atoms with E-state index in [0.29, 0.717) is 12.8 Å². The highest BCUT2D eigenvalue weighted by atomic mass is 31.2. The summed E-state index contributed by atoms with van der Waals surface area (Å²) in [5.41, 5.74) is 0. The number of rotatable bonds is 34. The Morgan fingerprint density at radius 1 is 0.625 bits per heavy atom. The second-order valence-corrected chi connectivity index (χ2v) is 16.8. The fraction of sp³-hybridized carbons (Fsp3) is 0.833. The molecule has 0 heterocycles. The molecule has 1 aliphatic carbocycles. The average molecular weight is 820 g/mol. The summed E-state index contributed by atoms with van der Waals surface area (Å²) in [6, 6.07) is -1.26. The highest BCUT2D eigenvalue weighted by Crippen LogP contribution is 2.47. The lowest BCUT2D eigenvalue weighted by atomic mass is 9.85. The molecular weight excluding hydrogens is 741 g/mol. The van der Waals surface area contributed by atoms with Gasteiger partial charge in [0, 0.05) is 0 Å². The summed E-state index contributed by atoms with van der Waals surface area (Å²) >= 11 is 0. The van der Waals surface area contributed by atoms with Crippen molar-refractivity contribution in [2.75, 3.05) is 6.61 Å². The summed E-state index contributed by atoms with van der Waals surface area (Å²) in [5.74, 6) is -0.612. The molecule has 0 radical (unpaired) electrons. The van der Waals surface area contributed by atoms with Gasteiger partial charge < -0.3 is 46.0 Å². The number of phosphoric acid groups is 1. The van der Waals surface area contributed by atoms with Crippen LogP contribution in [0.1, 0.15) is 162 Å². The highest BCUT2D eigenvalue weighted by Gasteiger charge is 2.51. The zero-order chi connectivity index (χ0) is 41.6. The molecule has 1 aliphatic rings. The number of nitrogens with one attached hydrogen (secondary N) is 1. The van der Waals surface area contributed by atoms with Gasteiger partial charge in [0.1, 0.15) is 36.6 Å². The zero-order valence-corrected chi connectivity index (χ0v) is 35.2. The van der Waals surface area contributed by atoms with Crippen molar-refractivity contribution in [3.05, 3.63) is 36.5 Å². The second kappa shape index (κ2) is 32.4. The van der Waals surface area contributed by atoms with Crippen molar-refractivity contribution in [2.45, 2.75) is 216 Å². The maximum Gasteiger partial charge on any atom is 0.472 e. The van der Waals surface area contributed by atoms with E-state index in [1.54, 1.807) is 6.08 Å². The second-order valence-electron chi connectivity index (χ2n) is 15.4. The number of phosphoric ester groups is 1. The molecule has 13 nitrogen and oxygen atoms in total. The molecule has 9 N–H and O–H groups in total. The van der Waals surface area contributed by atoms with Gasteiger partial charge in [-0.3, -0.25) is 13.8 Å². The van der Waals surface area contributed by atoms with Gasteiger partial charge in [-0.1, -0.05) is 140 Å². The first-order valence-corrected chi connectivity index (χ1v) is 23.0. The van der Waals surface area contributed by atoms with Crippen LogP contribution in [0, 0.1) is 0 Å². The molecule has 328 valence electrons. The summed E-state index contributed by atoms with van der Waals surface area (Å²) in [6.07, 6.45) is 21.4. The molecule has 8 atom stereocenters. The number of amides is 1. The van der Waals surface area contributed by atoms with Crippen LogP contribution in [0.5, 0.6) is 0 Å². The van der Waals surface area contributed by atoms with Crippen LogP contribution in [0.2, 0.25) is 0 Å². The highest BCUT2D eigenvalue weighted by molar-refractivity contribution is 7.47. The van der Waals surface area contributed by atoms with Crippen LogP contribution in [0.15, 0.2) is 36.5 Å². The van der Waals surface area contributed by atoms with Gasteiger partial charge in [0.25, 0.3) is 0 Å². The van der Waals surface area contributed by atoms with Crippen molar-refractivity contribution in [1.29, 1.82) is 0 Å². The molecule has 0 spiro atoms. The Hall–Kier alpha value is -1.48. The first-order valence-electron chi connectivity index (χ1n) is 21.5. The monoisotopic (exact) mass is 820 g/mol. The summed E-state index contributed by atoms with van der Waals surface area (Å²) < 4.78 is 22.7. The minimum Gasteiger partial charge on any atom is -0.393 e. The standard InChI is InChI=1S/C42H78NO12P/c1-3-5-7-9-11-13-14-15-16-17-18-19-20-21-22-23-25-27-29-33(44)31-36(46)43-34(35(45)30-28-26-24-12-10-8-6-4-2)32-54-56(52,53)55-42-40(50)38(48)37(47)39(49)41(42)51/h10,12,18-19,28,30,33-35,37-42,44-45,47-51H,3-9,11,13-17,20-27,29,31-32H2,1-2H3,(H,43,46)(H,52,53)/b12-10+,19-18-,30-28+. The number of allylic oxidation sites excluding steroid dienone is 5. The van der Waals surface area contributed by atoms with Gasteiger partial charge in [-0.05, 0) is 51.4 Å². The van der Waals surface area contributed by atoms with E-state index in [4.69, 9.17) is 9.05 Å². The van der Waals surface area contributed by atoms with Crippen LogP contribution in [-0.4, -0.2) is 108 Å². The number of hydrogen-bond acceptors (Lipinski definition) is 11. The molecule has 1 fully saturated rings. The van der Waals surface area contributed by atoms with Gasteiger partial charge in [0.05, 0.1) is 31.3 Å². The predicted octanol–water partition coefficient (Wildman–Crippen LogP) is 6.19. The quantitative estimate of drug-likeness (QED) is 0.0201. The van der Waals surface area contributed by atoms with Crippen LogP contribution >= 0.6 is 7.82 Å². The SMILES string of the molecule is CCCC/C=C/CC/C=C/C(O)C(COP(=O)(O)OC1C(O)C(O)C(O)C(O)C1O)NC(=O)CC(O)CCCCCCC/C=C\CCCCCCCCCCC. The van der Waals surface area contributed by atoms with Crippen molar-refractivity contribution in [2.24, 2.45) is 0 Å². The maximum absolute atomic E-state index is 12.9.